The van der Waals surface area contributed by atoms with E-state index in [9.17, 15) is 18.0 Å². The van der Waals surface area contributed by atoms with Crippen LogP contribution in [-0.2, 0) is 10.0 Å². The van der Waals surface area contributed by atoms with Gasteiger partial charge in [-0.15, -0.1) is 0 Å². The van der Waals surface area contributed by atoms with Crippen LogP contribution >= 0.6 is 0 Å². The average molecular weight is 348 g/mol. The van der Waals surface area contributed by atoms with Crippen LogP contribution in [0.3, 0.4) is 0 Å². The summed E-state index contributed by atoms with van der Waals surface area (Å²) in [6.45, 7) is 1.53. The van der Waals surface area contributed by atoms with Gasteiger partial charge in [0.25, 0.3) is 5.91 Å². The Morgan fingerprint density at radius 2 is 1.42 bits per heavy atom. The van der Waals surface area contributed by atoms with Gasteiger partial charge in [0.05, 0.1) is 11.3 Å². The number of carboxylic acid groups (broad SMARTS) is 1. The number of nitrogens with one attached hydrogen (secondary N) is 2. The molecule has 3 N–H and O–H groups in total. The van der Waals surface area contributed by atoms with Gasteiger partial charge in [-0.05, 0) is 55.5 Å². The number of sulfonamides is 1. The van der Waals surface area contributed by atoms with E-state index in [1.165, 1.54) is 55.5 Å². The van der Waals surface area contributed by atoms with E-state index in [0.29, 0.717) is 16.9 Å². The molecule has 0 aromatic heterocycles. The number of benzene rings is 2. The lowest BCUT2D eigenvalue weighted by molar-refractivity contribution is 0.0696. The molecule has 0 radical (unpaired) electrons. The number of carbonyl (C=O) groups excluding carboxylic acids is 1. The highest BCUT2D eigenvalue weighted by Crippen LogP contribution is 2.14. The van der Waals surface area contributed by atoms with Gasteiger partial charge in [0.1, 0.15) is 0 Å². The first-order valence-corrected chi connectivity index (χ1v) is 8.71. The summed E-state index contributed by atoms with van der Waals surface area (Å²) in [5, 5.41) is 11.5. The van der Waals surface area contributed by atoms with Crippen LogP contribution in [0.5, 0.6) is 0 Å². The maximum atomic E-state index is 12.1. The van der Waals surface area contributed by atoms with E-state index in [1.807, 2.05) is 0 Å². The highest BCUT2D eigenvalue weighted by atomic mass is 32.2. The van der Waals surface area contributed by atoms with Crippen molar-refractivity contribution in [2.24, 2.45) is 0 Å². The fourth-order valence-corrected chi connectivity index (χ4v) is 2.48. The molecule has 24 heavy (non-hydrogen) atoms. The SMILES string of the molecule is CCS(=O)(=O)Nc1ccc(C(=O)Nc2ccc(C(=O)O)cc2)cc1. The summed E-state index contributed by atoms with van der Waals surface area (Å²) in [5.74, 6) is -1.47. The predicted molar refractivity (Wildman–Crippen MR) is 90.9 cm³/mol. The molecular weight excluding hydrogens is 332 g/mol. The molecule has 0 aliphatic rings. The summed E-state index contributed by atoms with van der Waals surface area (Å²) >= 11 is 0. The second kappa shape index (κ2) is 7.14. The van der Waals surface area contributed by atoms with Crippen molar-refractivity contribution in [3.8, 4) is 0 Å². The summed E-state index contributed by atoms with van der Waals surface area (Å²) in [5.41, 5.74) is 1.30. The number of amides is 1. The van der Waals surface area contributed by atoms with E-state index >= 15 is 0 Å². The molecule has 0 spiro atoms. The van der Waals surface area contributed by atoms with E-state index in [2.05, 4.69) is 10.0 Å². The molecule has 1 amide bonds. The molecule has 0 fully saturated rings. The van der Waals surface area contributed by atoms with Crippen molar-refractivity contribution in [1.29, 1.82) is 0 Å². The molecule has 0 saturated heterocycles. The van der Waals surface area contributed by atoms with Gasteiger partial charge in [0.15, 0.2) is 0 Å². The van der Waals surface area contributed by atoms with Crippen molar-refractivity contribution in [1.82, 2.24) is 0 Å². The molecule has 8 heteroatoms. The molecule has 0 saturated carbocycles. The standard InChI is InChI=1S/C16H16N2O5S/c1-2-24(22,23)18-14-9-3-11(4-10-14)15(19)17-13-7-5-12(6-8-13)16(20)21/h3-10,18H,2H2,1H3,(H,17,19)(H,20,21). The van der Waals surface area contributed by atoms with Crippen molar-refractivity contribution in [2.75, 3.05) is 15.8 Å². The van der Waals surface area contributed by atoms with Crippen molar-refractivity contribution in [3.63, 3.8) is 0 Å². The number of carbonyl (C=O) groups is 2. The molecule has 2 aromatic carbocycles. The third-order valence-corrected chi connectivity index (χ3v) is 4.50. The minimum absolute atomic E-state index is 0.0401. The highest BCUT2D eigenvalue weighted by Gasteiger charge is 2.10. The lowest BCUT2D eigenvalue weighted by Crippen LogP contribution is -2.15. The lowest BCUT2D eigenvalue weighted by Gasteiger charge is -2.08. The van der Waals surface area contributed by atoms with Gasteiger partial charge < -0.3 is 10.4 Å². The number of hydrogen-bond acceptors (Lipinski definition) is 4. The maximum Gasteiger partial charge on any atom is 0.335 e. The second-order valence-electron chi connectivity index (χ2n) is 4.92. The number of hydrogen-bond donors (Lipinski definition) is 3. The highest BCUT2D eigenvalue weighted by molar-refractivity contribution is 7.92. The van der Waals surface area contributed by atoms with Crippen molar-refractivity contribution in [2.45, 2.75) is 6.92 Å². The van der Waals surface area contributed by atoms with Crippen LogP contribution < -0.4 is 10.0 Å². The third kappa shape index (κ3) is 4.56. The quantitative estimate of drug-likeness (QED) is 0.742. The van der Waals surface area contributed by atoms with Gasteiger partial charge in [-0.1, -0.05) is 0 Å². The van der Waals surface area contributed by atoms with Crippen LogP contribution in [0.4, 0.5) is 11.4 Å². The molecule has 0 unspecified atom stereocenters. The van der Waals surface area contributed by atoms with Gasteiger partial charge in [0.2, 0.25) is 10.0 Å². The topological polar surface area (TPSA) is 113 Å². The fourth-order valence-electron chi connectivity index (χ4n) is 1.84. The molecule has 0 heterocycles. The molecule has 0 aliphatic carbocycles. The first-order valence-electron chi connectivity index (χ1n) is 7.06. The number of carboxylic acids is 1. The van der Waals surface area contributed by atoms with Gasteiger partial charge in [-0.2, -0.15) is 0 Å². The molecule has 0 aliphatic heterocycles. The summed E-state index contributed by atoms with van der Waals surface area (Å²) in [6, 6.07) is 11.7. The Balaban J connectivity index is 2.06. The van der Waals surface area contributed by atoms with Crippen LogP contribution in [0.15, 0.2) is 48.5 Å². The zero-order valence-electron chi connectivity index (χ0n) is 12.8. The fraction of sp³-hybridized carbons (Fsp3) is 0.125. The number of anilines is 2. The van der Waals surface area contributed by atoms with E-state index in [-0.39, 0.29) is 17.2 Å². The average Bonchev–Trinajstić information content (AvgIpc) is 2.55. The molecule has 2 rings (SSSR count). The lowest BCUT2D eigenvalue weighted by atomic mass is 10.1. The molecule has 2 aromatic rings. The van der Waals surface area contributed by atoms with E-state index in [4.69, 9.17) is 5.11 Å². The molecular formula is C16H16N2O5S. The van der Waals surface area contributed by atoms with Crippen molar-refractivity contribution in [3.05, 3.63) is 59.7 Å². The second-order valence-corrected chi connectivity index (χ2v) is 6.93. The van der Waals surface area contributed by atoms with E-state index in [1.54, 1.807) is 0 Å². The Bertz CT molecular complexity index is 843. The van der Waals surface area contributed by atoms with Gasteiger partial charge in [-0.25, -0.2) is 13.2 Å². The smallest absolute Gasteiger partial charge is 0.335 e. The summed E-state index contributed by atoms with van der Waals surface area (Å²) < 4.78 is 25.3. The Morgan fingerprint density at radius 3 is 1.92 bits per heavy atom. The summed E-state index contributed by atoms with van der Waals surface area (Å²) in [7, 11) is -3.36. The molecule has 0 atom stereocenters. The molecule has 126 valence electrons. The summed E-state index contributed by atoms with van der Waals surface area (Å²) in [6.07, 6.45) is 0. The number of aromatic carboxylic acids is 1. The first-order chi connectivity index (χ1) is 11.3. The van der Waals surface area contributed by atoms with Gasteiger partial charge in [-0.3, -0.25) is 9.52 Å². The maximum absolute atomic E-state index is 12.1. The largest absolute Gasteiger partial charge is 0.478 e. The van der Waals surface area contributed by atoms with Crippen LogP contribution in [0.25, 0.3) is 0 Å². The Hall–Kier alpha value is -2.87. The zero-order valence-corrected chi connectivity index (χ0v) is 13.6. The van der Waals surface area contributed by atoms with Crippen molar-refractivity contribution >= 4 is 33.3 Å². The summed E-state index contributed by atoms with van der Waals surface area (Å²) in [4.78, 5) is 22.9. The first kappa shape index (κ1) is 17.5. The number of rotatable bonds is 6. The Kier molecular flexibility index (Phi) is 5.20. The van der Waals surface area contributed by atoms with Gasteiger partial charge in [0, 0.05) is 16.9 Å². The molecule has 7 nitrogen and oxygen atoms in total. The van der Waals surface area contributed by atoms with Crippen molar-refractivity contribution < 1.29 is 23.1 Å². The van der Waals surface area contributed by atoms with Crippen LogP contribution in [-0.4, -0.2) is 31.2 Å². The minimum atomic E-state index is -3.36. The minimum Gasteiger partial charge on any atom is -0.478 e. The van der Waals surface area contributed by atoms with E-state index in [0.717, 1.165) is 0 Å². The molecule has 0 bridgehead atoms. The normalized spacial score (nSPS) is 10.9. The predicted octanol–water partition coefficient (Wildman–Crippen LogP) is 2.40. The van der Waals surface area contributed by atoms with E-state index < -0.39 is 16.0 Å². The Morgan fingerprint density at radius 1 is 0.917 bits per heavy atom. The van der Waals surface area contributed by atoms with Gasteiger partial charge >= 0.3 is 5.97 Å². The monoisotopic (exact) mass is 348 g/mol. The van der Waals surface area contributed by atoms with Crippen LogP contribution in [0.1, 0.15) is 27.6 Å². The Labute approximate surface area is 139 Å². The zero-order chi connectivity index (χ0) is 17.7. The van der Waals surface area contributed by atoms with Crippen LogP contribution in [0, 0.1) is 0 Å². The third-order valence-electron chi connectivity index (χ3n) is 3.19. The van der Waals surface area contributed by atoms with Crippen LogP contribution in [0.2, 0.25) is 0 Å².